The molecule has 2 rings (SSSR count). The van der Waals surface area contributed by atoms with Crippen molar-refractivity contribution in [3.8, 4) is 0 Å². The van der Waals surface area contributed by atoms with Gasteiger partial charge in [0, 0.05) is 12.1 Å². The van der Waals surface area contributed by atoms with E-state index in [1.54, 1.807) is 0 Å². The Morgan fingerprint density at radius 2 is 1.88 bits per heavy atom. The van der Waals surface area contributed by atoms with Crippen molar-refractivity contribution in [2.24, 2.45) is 11.8 Å². The van der Waals surface area contributed by atoms with Crippen molar-refractivity contribution in [1.82, 2.24) is 4.90 Å². The van der Waals surface area contributed by atoms with Crippen molar-refractivity contribution in [3.05, 3.63) is 0 Å². The molecule has 0 N–H and O–H groups in total. The summed E-state index contributed by atoms with van der Waals surface area (Å²) in [6, 6.07) is 1.87. The van der Waals surface area contributed by atoms with Crippen molar-refractivity contribution in [2.45, 2.75) is 77.8 Å². The summed E-state index contributed by atoms with van der Waals surface area (Å²) in [5.74, 6) is 1.99. The van der Waals surface area contributed by atoms with Gasteiger partial charge in [0.25, 0.3) is 0 Å². The van der Waals surface area contributed by atoms with E-state index in [0.29, 0.717) is 0 Å². The summed E-state index contributed by atoms with van der Waals surface area (Å²) in [6.45, 7) is 8.54. The first-order valence-corrected chi connectivity index (χ1v) is 7.57. The Bertz CT molecular complexity index is 225. The number of fused-ring (bicyclic) bond motifs is 1. The quantitative estimate of drug-likeness (QED) is 0.720. The highest BCUT2D eigenvalue weighted by Crippen LogP contribution is 2.42. The first kappa shape index (κ1) is 13.7. The zero-order valence-electron chi connectivity index (χ0n) is 12.8. The molecular formula is C15H30ClN. The van der Waals surface area contributed by atoms with Crippen LogP contribution in [0.25, 0.3) is 0 Å². The molecule has 2 saturated heterocycles. The van der Waals surface area contributed by atoms with Crippen LogP contribution in [0.15, 0.2) is 0 Å². The normalized spacial score (nSPS) is 38.0. The van der Waals surface area contributed by atoms with Crippen LogP contribution < -0.4 is 0 Å². The van der Waals surface area contributed by atoms with Crippen molar-refractivity contribution >= 4 is 12.3 Å². The van der Waals surface area contributed by atoms with E-state index in [0.717, 1.165) is 23.9 Å². The third-order valence-corrected chi connectivity index (χ3v) is 5.10. The van der Waals surface area contributed by atoms with Crippen molar-refractivity contribution in [3.63, 3.8) is 0 Å². The first-order valence-electron chi connectivity index (χ1n) is 7.95. The summed E-state index contributed by atoms with van der Waals surface area (Å²) < 4.78 is 5.22. The molecule has 17 heavy (non-hydrogen) atoms. The lowest BCUT2D eigenvalue weighted by Gasteiger charge is -2.47. The fraction of sp³-hybridized carbons (Fsp3) is 1.00. The van der Waals surface area contributed by atoms with Gasteiger partial charge in [-0.05, 0) is 44.1 Å². The predicted octanol–water partition coefficient (Wildman–Crippen LogP) is 4.50. The fourth-order valence-electron chi connectivity index (χ4n) is 4.28. The second-order valence-corrected chi connectivity index (χ2v) is 5.88. The lowest BCUT2D eigenvalue weighted by molar-refractivity contribution is 0.0188. The summed E-state index contributed by atoms with van der Waals surface area (Å²) in [5.41, 5.74) is 0. The Labute approximate surface area is 115 Å². The molecule has 4 atom stereocenters. The highest BCUT2D eigenvalue weighted by atomic mass is 35.5. The SMILES string of the molecule is CCC[C@@H]1[C@H](CC)C[C@@H](CC)[C@@H]2CCCN12.[2H]Cl. The topological polar surface area (TPSA) is 3.24 Å². The summed E-state index contributed by atoms with van der Waals surface area (Å²) in [6.07, 6.45) is 10.0. The third kappa shape index (κ3) is 2.98. The van der Waals surface area contributed by atoms with E-state index in [-0.39, 0.29) is 0 Å². The van der Waals surface area contributed by atoms with Crippen molar-refractivity contribution in [2.75, 3.05) is 6.54 Å². The van der Waals surface area contributed by atoms with Gasteiger partial charge < -0.3 is 0 Å². The maximum atomic E-state index is 5.22. The third-order valence-electron chi connectivity index (χ3n) is 5.10. The maximum absolute atomic E-state index is 5.22. The van der Waals surface area contributed by atoms with Gasteiger partial charge >= 0.3 is 0 Å². The second kappa shape index (κ2) is 6.99. The lowest BCUT2D eigenvalue weighted by Crippen LogP contribution is -2.51. The summed E-state index contributed by atoms with van der Waals surface area (Å²) in [4.78, 5) is 2.90. The molecule has 2 fully saturated rings. The van der Waals surface area contributed by atoms with Crippen LogP contribution in [0.1, 0.15) is 65.7 Å². The van der Waals surface area contributed by atoms with E-state index >= 15 is 0 Å². The van der Waals surface area contributed by atoms with Gasteiger partial charge in [0.1, 0.15) is 1.17 Å². The highest BCUT2D eigenvalue weighted by Gasteiger charge is 2.42. The fourth-order valence-corrected chi connectivity index (χ4v) is 4.28. The molecular weight excluding hydrogens is 230 g/mol. The highest BCUT2D eigenvalue weighted by molar-refractivity contribution is 5.85. The molecule has 102 valence electrons. The van der Waals surface area contributed by atoms with E-state index in [9.17, 15) is 0 Å². The number of piperidine rings is 1. The minimum Gasteiger partial charge on any atom is -0.297 e. The molecule has 2 aliphatic rings. The zero-order chi connectivity index (χ0) is 13.5. The van der Waals surface area contributed by atoms with Gasteiger partial charge in [0.05, 0.1) is 0 Å². The molecule has 0 spiro atoms. The maximum Gasteiger partial charge on any atom is 0.147 e. The van der Waals surface area contributed by atoms with Crippen LogP contribution in [0.3, 0.4) is 0 Å². The van der Waals surface area contributed by atoms with Gasteiger partial charge in [-0.1, -0.05) is 40.0 Å². The monoisotopic (exact) mass is 260 g/mol. The van der Waals surface area contributed by atoms with Gasteiger partial charge in [-0.15, -0.1) is 12.3 Å². The van der Waals surface area contributed by atoms with Crippen LogP contribution in [0.2, 0.25) is 0 Å². The Morgan fingerprint density at radius 3 is 2.47 bits per heavy atom. The van der Waals surface area contributed by atoms with Gasteiger partial charge in [0.15, 0.2) is 0 Å². The lowest BCUT2D eigenvalue weighted by atomic mass is 9.75. The van der Waals surface area contributed by atoms with E-state index in [1.807, 2.05) is 0 Å². The van der Waals surface area contributed by atoms with Crippen LogP contribution in [-0.2, 0) is 0 Å². The smallest absolute Gasteiger partial charge is 0.147 e. The molecule has 0 aliphatic carbocycles. The van der Waals surface area contributed by atoms with Crippen LogP contribution in [0.4, 0.5) is 0 Å². The Hall–Kier alpha value is 0.250. The number of nitrogens with zero attached hydrogens (tertiary/aromatic N) is 1. The largest absolute Gasteiger partial charge is 0.297 e. The van der Waals surface area contributed by atoms with Crippen LogP contribution in [0.5, 0.6) is 0 Å². The molecule has 0 unspecified atom stereocenters. The van der Waals surface area contributed by atoms with Crippen LogP contribution in [0, 0.1) is 11.8 Å². The molecule has 2 heterocycles. The molecule has 1 nitrogen and oxygen atoms in total. The number of hydrogen-bond acceptors (Lipinski definition) is 1. The minimum atomic E-state index is 0.922. The molecule has 0 saturated carbocycles. The molecule has 0 bridgehead atoms. The van der Waals surface area contributed by atoms with Crippen LogP contribution >= 0.6 is 12.3 Å². The molecule has 2 heteroatoms. The molecule has 0 aromatic heterocycles. The predicted molar refractivity (Wildman–Crippen MR) is 77.9 cm³/mol. The second-order valence-electron chi connectivity index (χ2n) is 5.88. The molecule has 0 aromatic carbocycles. The first-order chi connectivity index (χ1) is 8.81. The Morgan fingerprint density at radius 1 is 1.18 bits per heavy atom. The average molecular weight is 261 g/mol. The van der Waals surface area contributed by atoms with Gasteiger partial charge in [-0.3, -0.25) is 4.90 Å². The summed E-state index contributed by atoms with van der Waals surface area (Å²) in [7, 11) is 0. The number of rotatable bonds is 4. The molecule has 2 aliphatic heterocycles. The van der Waals surface area contributed by atoms with Gasteiger partial charge in [-0.25, -0.2) is 0 Å². The van der Waals surface area contributed by atoms with Crippen LogP contribution in [-0.4, -0.2) is 24.7 Å². The Balaban J connectivity index is 0.000000771. The molecule has 0 radical (unpaired) electrons. The van der Waals surface area contributed by atoms with Crippen molar-refractivity contribution in [1.29, 1.82) is 1.17 Å². The van der Waals surface area contributed by atoms with Crippen molar-refractivity contribution < 1.29 is 0 Å². The standard InChI is InChI=1S/C15H29N.ClH/c1-4-8-14-12(5-2)11-13(6-3)15-9-7-10-16(14)15;/h12-15H,4-11H2,1-3H3;1H/t12-,13-,14-,15+;/m1./s1/i/hD. The molecule has 0 amide bonds. The number of halogens is 1. The zero-order valence-corrected chi connectivity index (χ0v) is 12.5. The Kier molecular flexibility index (Phi) is 5.62. The van der Waals surface area contributed by atoms with Gasteiger partial charge in [-0.2, -0.15) is 0 Å². The molecule has 0 aromatic rings. The van der Waals surface area contributed by atoms with E-state index in [1.165, 1.54) is 51.5 Å². The van der Waals surface area contributed by atoms with E-state index < -0.39 is 0 Å². The summed E-state index contributed by atoms with van der Waals surface area (Å²) in [5, 5.41) is 0. The average Bonchev–Trinajstić information content (AvgIpc) is 2.91. The van der Waals surface area contributed by atoms with E-state index in [4.69, 9.17) is 1.17 Å². The number of hydrogen-bond donors (Lipinski definition) is 0. The van der Waals surface area contributed by atoms with Gasteiger partial charge in [0.2, 0.25) is 0 Å². The van der Waals surface area contributed by atoms with E-state index in [2.05, 4.69) is 38.0 Å². The minimum absolute atomic E-state index is 0.922. The summed E-state index contributed by atoms with van der Waals surface area (Å²) >= 11 is 3.89.